The molecule has 0 saturated carbocycles. The molecule has 2 heterocycles. The summed E-state index contributed by atoms with van der Waals surface area (Å²) in [7, 11) is 0. The quantitative estimate of drug-likeness (QED) is 0.168. The lowest BCUT2D eigenvalue weighted by molar-refractivity contribution is 0.794. The second-order valence-electron chi connectivity index (χ2n) is 16.8. The summed E-state index contributed by atoms with van der Waals surface area (Å²) in [6.45, 7) is 4.10. The first kappa shape index (κ1) is 36.8. The van der Waals surface area contributed by atoms with E-state index in [1.807, 2.05) is 13.1 Å². The Balaban J connectivity index is 1.01. The van der Waals surface area contributed by atoms with E-state index in [0.717, 1.165) is 45.2 Å². The maximum Gasteiger partial charge on any atom is 0.160 e. The molecule has 296 valence electrons. The monoisotopic (exact) mass is 803 g/mol. The molecule has 0 bridgehead atoms. The second-order valence-corrected chi connectivity index (χ2v) is 16.8. The van der Waals surface area contributed by atoms with E-state index in [1.165, 1.54) is 77.9 Å². The Morgan fingerprint density at radius 2 is 0.794 bits per heavy atom. The summed E-state index contributed by atoms with van der Waals surface area (Å²) in [6.07, 6.45) is 1.96. The topological polar surface area (TPSA) is 38.7 Å². The first-order valence-electron chi connectivity index (χ1n) is 21.7. The van der Waals surface area contributed by atoms with Crippen molar-refractivity contribution < 1.29 is 0 Å². The van der Waals surface area contributed by atoms with Crippen LogP contribution in [-0.2, 0) is 5.41 Å². The van der Waals surface area contributed by atoms with Gasteiger partial charge in [-0.2, -0.15) is 0 Å². The number of aromatic nitrogens is 3. The summed E-state index contributed by atoms with van der Waals surface area (Å²) < 4.78 is 0. The van der Waals surface area contributed by atoms with Crippen molar-refractivity contribution in [1.29, 1.82) is 0 Å². The van der Waals surface area contributed by atoms with E-state index in [0.29, 0.717) is 0 Å². The molecule has 1 atom stereocenters. The van der Waals surface area contributed by atoms with Gasteiger partial charge >= 0.3 is 0 Å². The summed E-state index contributed by atoms with van der Waals surface area (Å²) in [5.74, 6) is 0.737. The zero-order chi connectivity index (χ0) is 42.1. The maximum absolute atomic E-state index is 5.33. The van der Waals surface area contributed by atoms with Crippen molar-refractivity contribution >= 4 is 0 Å². The van der Waals surface area contributed by atoms with Crippen LogP contribution in [0.3, 0.4) is 0 Å². The summed E-state index contributed by atoms with van der Waals surface area (Å²) >= 11 is 0. The molecule has 2 aliphatic rings. The Morgan fingerprint density at radius 1 is 0.317 bits per heavy atom. The largest absolute Gasteiger partial charge is 0.261 e. The highest BCUT2D eigenvalue weighted by atomic mass is 14.9. The molecule has 0 saturated heterocycles. The van der Waals surface area contributed by atoms with Crippen LogP contribution < -0.4 is 0 Å². The zero-order valence-corrected chi connectivity index (χ0v) is 35.0. The summed E-state index contributed by atoms with van der Waals surface area (Å²) in [6, 6.07) is 75.1. The minimum atomic E-state index is -0.530. The van der Waals surface area contributed by atoms with Crippen LogP contribution in [0.5, 0.6) is 0 Å². The molecule has 12 rings (SSSR count). The van der Waals surface area contributed by atoms with Crippen molar-refractivity contribution in [2.75, 3.05) is 0 Å². The standard InChI is InChI=1S/C60H41N3/c1-38-28-29-47(37-61-38)45-18-10-16-43(35-45)44-17-11-19-46(36-44)48-22-12-26-54-57(48)49-20-6-8-24-52(49)60(54)53-25-9-7-21-50(53)58-51(23-13-27-55(58)60)59-62-39(2)34-56(63-59)42-32-30-41(31-33-42)40-14-4-3-5-15-40/h3-37H,1-2H3. The molecule has 0 fully saturated rings. The third-order valence-electron chi connectivity index (χ3n) is 13.1. The summed E-state index contributed by atoms with van der Waals surface area (Å²) in [4.78, 5) is 15.0. The number of pyridine rings is 1. The van der Waals surface area contributed by atoms with Gasteiger partial charge in [-0.05, 0) is 122 Å². The van der Waals surface area contributed by atoms with Crippen molar-refractivity contribution in [3.63, 3.8) is 0 Å². The lowest BCUT2D eigenvalue weighted by Crippen LogP contribution is -2.25. The van der Waals surface area contributed by atoms with E-state index < -0.39 is 5.41 Å². The molecule has 2 aromatic heterocycles. The smallest absolute Gasteiger partial charge is 0.160 e. The summed E-state index contributed by atoms with van der Waals surface area (Å²) in [5.41, 5.74) is 24.0. The predicted octanol–water partition coefficient (Wildman–Crippen LogP) is 14.8. The zero-order valence-electron chi connectivity index (χ0n) is 35.0. The minimum absolute atomic E-state index is 0.530. The highest BCUT2D eigenvalue weighted by Crippen LogP contribution is 2.65. The number of nitrogens with zero attached hydrogens (tertiary/aromatic N) is 3. The van der Waals surface area contributed by atoms with Crippen molar-refractivity contribution in [3.8, 4) is 89.4 Å². The van der Waals surface area contributed by atoms with Crippen LogP contribution in [-0.4, -0.2) is 15.0 Å². The van der Waals surface area contributed by atoms with Crippen molar-refractivity contribution in [1.82, 2.24) is 15.0 Å². The molecule has 0 N–H and O–H groups in total. The molecule has 3 nitrogen and oxygen atoms in total. The van der Waals surface area contributed by atoms with Gasteiger partial charge in [-0.1, -0.05) is 182 Å². The molecule has 0 radical (unpaired) electrons. The normalized spacial score (nSPS) is 14.3. The van der Waals surface area contributed by atoms with Crippen LogP contribution in [0.25, 0.3) is 89.4 Å². The average molecular weight is 804 g/mol. The van der Waals surface area contributed by atoms with Crippen LogP contribution in [0.2, 0.25) is 0 Å². The van der Waals surface area contributed by atoms with Crippen LogP contribution in [0.4, 0.5) is 0 Å². The fraction of sp³-hybridized carbons (Fsp3) is 0.0500. The molecule has 1 spiro atoms. The molecule has 8 aromatic carbocycles. The number of aryl methyl sites for hydroxylation is 2. The first-order chi connectivity index (χ1) is 31.0. The second kappa shape index (κ2) is 14.6. The van der Waals surface area contributed by atoms with Crippen LogP contribution in [0, 0.1) is 13.8 Å². The van der Waals surface area contributed by atoms with Gasteiger partial charge in [0.1, 0.15) is 0 Å². The number of rotatable bonds is 6. The Kier molecular flexibility index (Phi) is 8.52. The van der Waals surface area contributed by atoms with Gasteiger partial charge in [0.15, 0.2) is 5.82 Å². The van der Waals surface area contributed by atoms with Crippen molar-refractivity contribution in [2.45, 2.75) is 19.3 Å². The van der Waals surface area contributed by atoms with Gasteiger partial charge in [-0.15, -0.1) is 0 Å². The fourth-order valence-electron chi connectivity index (χ4n) is 10.3. The molecule has 2 aliphatic carbocycles. The van der Waals surface area contributed by atoms with Gasteiger partial charge < -0.3 is 0 Å². The fourth-order valence-corrected chi connectivity index (χ4v) is 10.3. The van der Waals surface area contributed by atoms with Gasteiger partial charge in [0.2, 0.25) is 0 Å². The third kappa shape index (κ3) is 5.85. The minimum Gasteiger partial charge on any atom is -0.261 e. The highest BCUT2D eigenvalue weighted by molar-refractivity contribution is 6.02. The van der Waals surface area contributed by atoms with Gasteiger partial charge in [0.05, 0.1) is 11.1 Å². The Labute approximate surface area is 368 Å². The third-order valence-corrected chi connectivity index (χ3v) is 13.1. The molecule has 0 amide bonds. The Bertz CT molecular complexity index is 3400. The van der Waals surface area contributed by atoms with Gasteiger partial charge in [0, 0.05) is 34.3 Å². The van der Waals surface area contributed by atoms with E-state index in [1.54, 1.807) is 0 Å². The van der Waals surface area contributed by atoms with E-state index in [4.69, 9.17) is 9.97 Å². The lowest BCUT2D eigenvalue weighted by Gasteiger charge is -2.30. The van der Waals surface area contributed by atoms with Crippen molar-refractivity contribution in [3.05, 3.63) is 246 Å². The van der Waals surface area contributed by atoms with Crippen LogP contribution >= 0.6 is 0 Å². The number of hydrogen-bond acceptors (Lipinski definition) is 3. The van der Waals surface area contributed by atoms with Gasteiger partial charge in [0.25, 0.3) is 0 Å². The van der Waals surface area contributed by atoms with E-state index in [9.17, 15) is 0 Å². The van der Waals surface area contributed by atoms with E-state index >= 15 is 0 Å². The van der Waals surface area contributed by atoms with Crippen molar-refractivity contribution in [2.24, 2.45) is 0 Å². The SMILES string of the molecule is Cc1ccc(-c2cccc(-c3cccc(-c4cccc5c4-c4ccccc4C54c5ccccc5-c5c(-c6nc(C)cc(-c7ccc(-c8ccccc8)cc7)n6)cccc54)c3)c2)cn1. The summed E-state index contributed by atoms with van der Waals surface area (Å²) in [5, 5.41) is 0. The Morgan fingerprint density at radius 3 is 1.46 bits per heavy atom. The number of hydrogen-bond donors (Lipinski definition) is 0. The maximum atomic E-state index is 5.33. The number of fused-ring (bicyclic) bond motifs is 10. The highest BCUT2D eigenvalue weighted by Gasteiger charge is 2.52. The molecule has 0 aliphatic heterocycles. The lowest BCUT2D eigenvalue weighted by atomic mass is 9.70. The van der Waals surface area contributed by atoms with Crippen LogP contribution in [0.15, 0.2) is 212 Å². The molecular formula is C60H41N3. The first-order valence-corrected chi connectivity index (χ1v) is 21.7. The van der Waals surface area contributed by atoms with Gasteiger partial charge in [-0.3, -0.25) is 4.98 Å². The molecule has 10 aromatic rings. The number of benzene rings is 8. The Hall–Kier alpha value is -8.01. The van der Waals surface area contributed by atoms with Gasteiger partial charge in [-0.25, -0.2) is 9.97 Å². The van der Waals surface area contributed by atoms with Crippen LogP contribution in [0.1, 0.15) is 33.6 Å². The van der Waals surface area contributed by atoms with E-state index in [-0.39, 0.29) is 0 Å². The molecular weight excluding hydrogens is 763 g/mol. The molecule has 63 heavy (non-hydrogen) atoms. The molecule has 3 heteroatoms. The average Bonchev–Trinajstić information content (AvgIpc) is 3.82. The van der Waals surface area contributed by atoms with E-state index in [2.05, 4.69) is 218 Å². The molecule has 1 unspecified atom stereocenters. The predicted molar refractivity (Wildman–Crippen MR) is 258 cm³/mol.